The monoisotopic (exact) mass is 400 g/mol. The number of hydrogen-bond acceptors (Lipinski definition) is 4. The molecule has 142 valence electrons. The number of nitrogens with one attached hydrogen (secondary N) is 1. The Morgan fingerprint density at radius 2 is 2.00 bits per heavy atom. The van der Waals surface area contributed by atoms with Gasteiger partial charge in [0.2, 0.25) is 10.0 Å². The molecule has 0 amide bonds. The molecule has 0 aromatic heterocycles. The molecule has 1 aliphatic rings. The van der Waals surface area contributed by atoms with Crippen molar-refractivity contribution < 1.29 is 17.5 Å². The fourth-order valence-electron chi connectivity index (χ4n) is 3.00. The molecule has 0 bridgehead atoms. The molecule has 1 N–H and O–H groups in total. The van der Waals surface area contributed by atoms with Crippen molar-refractivity contribution >= 4 is 22.4 Å². The van der Waals surface area contributed by atoms with Crippen LogP contribution < -0.4 is 10.1 Å². The Kier molecular flexibility index (Phi) is 7.00. The molecule has 5 nitrogen and oxygen atoms in total. The molecule has 1 heterocycles. The zero-order valence-electron chi connectivity index (χ0n) is 14.4. The lowest BCUT2D eigenvalue weighted by atomic mass is 10.1. The number of nitrogens with zero attached hydrogens (tertiary/aromatic N) is 1. The van der Waals surface area contributed by atoms with E-state index in [4.69, 9.17) is 4.74 Å². The third-order valence-electron chi connectivity index (χ3n) is 4.15. The van der Waals surface area contributed by atoms with Crippen molar-refractivity contribution in [3.8, 4) is 5.75 Å². The van der Waals surface area contributed by atoms with E-state index in [0.29, 0.717) is 37.6 Å². The predicted octanol–water partition coefficient (Wildman–Crippen LogP) is 2.98. The van der Waals surface area contributed by atoms with Crippen LogP contribution in [0.4, 0.5) is 4.39 Å². The highest BCUT2D eigenvalue weighted by atomic mass is 35.5. The average molecular weight is 401 g/mol. The second kappa shape index (κ2) is 8.81. The Bertz CT molecular complexity index is 848. The molecular weight excluding hydrogens is 379 g/mol. The maximum atomic E-state index is 13.6. The van der Waals surface area contributed by atoms with Crippen LogP contribution in [0.2, 0.25) is 0 Å². The van der Waals surface area contributed by atoms with Crippen molar-refractivity contribution in [1.29, 1.82) is 0 Å². The van der Waals surface area contributed by atoms with Gasteiger partial charge in [-0.3, -0.25) is 0 Å². The van der Waals surface area contributed by atoms with Gasteiger partial charge in [0.25, 0.3) is 0 Å². The van der Waals surface area contributed by atoms with Crippen LogP contribution in [0.15, 0.2) is 53.4 Å². The summed E-state index contributed by atoms with van der Waals surface area (Å²) in [7, 11) is -3.72. The number of halogens is 2. The van der Waals surface area contributed by atoms with E-state index >= 15 is 0 Å². The van der Waals surface area contributed by atoms with Crippen molar-refractivity contribution in [2.45, 2.75) is 17.9 Å². The molecule has 3 rings (SSSR count). The van der Waals surface area contributed by atoms with Crippen LogP contribution in [-0.2, 0) is 10.0 Å². The third kappa shape index (κ3) is 4.35. The van der Waals surface area contributed by atoms with Crippen LogP contribution in [0, 0.1) is 5.82 Å². The first-order chi connectivity index (χ1) is 12.0. The lowest BCUT2D eigenvalue weighted by Crippen LogP contribution is -2.48. The van der Waals surface area contributed by atoms with Gasteiger partial charge in [-0.15, -0.1) is 12.4 Å². The van der Waals surface area contributed by atoms with Gasteiger partial charge in [0, 0.05) is 25.7 Å². The van der Waals surface area contributed by atoms with Gasteiger partial charge in [-0.05, 0) is 36.8 Å². The Hall–Kier alpha value is -1.67. The van der Waals surface area contributed by atoms with Gasteiger partial charge in [-0.2, -0.15) is 4.31 Å². The van der Waals surface area contributed by atoms with Crippen molar-refractivity contribution in [2.24, 2.45) is 0 Å². The number of rotatable bonds is 5. The molecule has 1 saturated heterocycles. The second-order valence-corrected chi connectivity index (χ2v) is 7.69. The van der Waals surface area contributed by atoms with E-state index in [9.17, 15) is 12.8 Å². The first-order valence-electron chi connectivity index (χ1n) is 8.23. The Morgan fingerprint density at radius 3 is 2.73 bits per heavy atom. The Labute approximate surface area is 159 Å². The Balaban J connectivity index is 0.00000243. The summed E-state index contributed by atoms with van der Waals surface area (Å²) in [6, 6.07) is 12.1. The molecule has 8 heteroatoms. The largest absolute Gasteiger partial charge is 0.494 e. The minimum absolute atomic E-state index is 0. The van der Waals surface area contributed by atoms with E-state index in [1.807, 2.05) is 6.92 Å². The number of benzene rings is 2. The molecule has 0 aliphatic carbocycles. The summed E-state index contributed by atoms with van der Waals surface area (Å²) in [5, 5.41) is 3.18. The summed E-state index contributed by atoms with van der Waals surface area (Å²) >= 11 is 0. The smallest absolute Gasteiger partial charge is 0.243 e. The van der Waals surface area contributed by atoms with Gasteiger partial charge in [0.15, 0.2) is 0 Å². The van der Waals surface area contributed by atoms with Crippen LogP contribution in [0.25, 0.3) is 0 Å². The number of sulfonamides is 1. The molecule has 1 fully saturated rings. The topological polar surface area (TPSA) is 58.6 Å². The fraction of sp³-hybridized carbons (Fsp3) is 0.333. The minimum atomic E-state index is -3.72. The van der Waals surface area contributed by atoms with E-state index in [1.165, 1.54) is 22.5 Å². The molecular formula is C18H22ClFN2O3S. The highest BCUT2D eigenvalue weighted by Crippen LogP contribution is 2.30. The van der Waals surface area contributed by atoms with E-state index in [1.54, 1.807) is 30.3 Å². The van der Waals surface area contributed by atoms with E-state index in [0.717, 1.165) is 0 Å². The summed E-state index contributed by atoms with van der Waals surface area (Å²) in [6.07, 6.45) is 0. The molecule has 2 aromatic carbocycles. The van der Waals surface area contributed by atoms with E-state index in [-0.39, 0.29) is 23.1 Å². The van der Waals surface area contributed by atoms with Crippen LogP contribution >= 0.6 is 12.4 Å². The number of piperazine rings is 1. The number of ether oxygens (including phenoxy) is 1. The SMILES string of the molecule is CCOc1cccc(S(=O)(=O)N2CCNCC2c2cccc(F)c2)c1.Cl. The number of hydrogen-bond donors (Lipinski definition) is 1. The van der Waals surface area contributed by atoms with Gasteiger partial charge in [-0.25, -0.2) is 12.8 Å². The molecule has 0 saturated carbocycles. The first-order valence-corrected chi connectivity index (χ1v) is 9.67. The van der Waals surface area contributed by atoms with E-state index in [2.05, 4.69) is 5.32 Å². The quantitative estimate of drug-likeness (QED) is 0.838. The van der Waals surface area contributed by atoms with Crippen molar-refractivity contribution in [3.63, 3.8) is 0 Å². The van der Waals surface area contributed by atoms with Crippen LogP contribution in [0.1, 0.15) is 18.5 Å². The van der Waals surface area contributed by atoms with Gasteiger partial charge < -0.3 is 10.1 Å². The molecule has 2 aromatic rings. The van der Waals surface area contributed by atoms with Gasteiger partial charge in [0.1, 0.15) is 11.6 Å². The Morgan fingerprint density at radius 1 is 1.23 bits per heavy atom. The summed E-state index contributed by atoms with van der Waals surface area (Å²) in [4.78, 5) is 0.182. The van der Waals surface area contributed by atoms with Crippen LogP contribution in [-0.4, -0.2) is 39.0 Å². The van der Waals surface area contributed by atoms with E-state index < -0.39 is 16.1 Å². The normalized spacial score (nSPS) is 18.2. The summed E-state index contributed by atoms with van der Waals surface area (Å²) in [5.41, 5.74) is 0.636. The maximum Gasteiger partial charge on any atom is 0.243 e. The van der Waals surface area contributed by atoms with Gasteiger partial charge in [0.05, 0.1) is 17.5 Å². The molecule has 26 heavy (non-hydrogen) atoms. The lowest BCUT2D eigenvalue weighted by molar-refractivity contribution is 0.270. The predicted molar refractivity (Wildman–Crippen MR) is 101 cm³/mol. The molecule has 0 spiro atoms. The van der Waals surface area contributed by atoms with Gasteiger partial charge in [-0.1, -0.05) is 18.2 Å². The highest BCUT2D eigenvalue weighted by molar-refractivity contribution is 7.89. The van der Waals surface area contributed by atoms with Crippen LogP contribution in [0.5, 0.6) is 5.75 Å². The van der Waals surface area contributed by atoms with Crippen molar-refractivity contribution in [2.75, 3.05) is 26.2 Å². The van der Waals surface area contributed by atoms with Gasteiger partial charge >= 0.3 is 0 Å². The molecule has 1 aliphatic heterocycles. The second-order valence-electron chi connectivity index (χ2n) is 5.80. The van der Waals surface area contributed by atoms with Crippen molar-refractivity contribution in [3.05, 3.63) is 59.9 Å². The molecule has 1 atom stereocenters. The third-order valence-corrected chi connectivity index (χ3v) is 6.05. The molecule has 1 unspecified atom stereocenters. The molecule has 0 radical (unpaired) electrons. The van der Waals surface area contributed by atoms with Crippen LogP contribution in [0.3, 0.4) is 0 Å². The van der Waals surface area contributed by atoms with Crippen molar-refractivity contribution in [1.82, 2.24) is 9.62 Å². The lowest BCUT2D eigenvalue weighted by Gasteiger charge is -2.35. The average Bonchev–Trinajstić information content (AvgIpc) is 2.62. The zero-order valence-corrected chi connectivity index (χ0v) is 16.0. The minimum Gasteiger partial charge on any atom is -0.494 e. The maximum absolute atomic E-state index is 13.6. The zero-order chi connectivity index (χ0) is 17.9. The summed E-state index contributed by atoms with van der Waals surface area (Å²) in [5.74, 6) is 0.139. The highest BCUT2D eigenvalue weighted by Gasteiger charge is 2.34. The first kappa shape index (κ1) is 20.6. The fourth-order valence-corrected chi connectivity index (χ4v) is 4.65. The summed E-state index contributed by atoms with van der Waals surface area (Å²) in [6.45, 7) is 3.62. The summed E-state index contributed by atoms with van der Waals surface area (Å²) < 4.78 is 46.8. The standard InChI is InChI=1S/C18H21FN2O3S.ClH/c1-2-24-16-7-4-8-17(12-16)25(22,23)21-10-9-20-13-18(21)14-5-3-6-15(19)11-14;/h3-8,11-12,18,20H,2,9-10,13H2,1H3;1H.